The average molecular weight is 257 g/mol. The molecule has 1 aromatic heterocycles. The number of nitrogens with zero attached hydrogens (tertiary/aromatic N) is 1. The summed E-state index contributed by atoms with van der Waals surface area (Å²) in [6.07, 6.45) is 2.17. The van der Waals surface area contributed by atoms with Gasteiger partial charge in [-0.05, 0) is 12.5 Å². The van der Waals surface area contributed by atoms with Gasteiger partial charge in [-0.25, -0.2) is 4.98 Å². The first-order chi connectivity index (χ1) is 8.13. The Bertz CT molecular complexity index is 342. The molecule has 0 aromatic carbocycles. The normalized spacial score (nSPS) is 10.9. The molecule has 0 bridgehead atoms. The monoisotopic (exact) mass is 256 g/mol. The van der Waals surface area contributed by atoms with Crippen LogP contribution in [0.15, 0.2) is 12.1 Å². The molecule has 0 fully saturated rings. The summed E-state index contributed by atoms with van der Waals surface area (Å²) in [7, 11) is 0. The summed E-state index contributed by atoms with van der Waals surface area (Å²) >= 11 is 6.08. The number of pyridine rings is 1. The number of aromatic nitrogens is 1. The first-order valence-corrected chi connectivity index (χ1v) is 6.53. The van der Waals surface area contributed by atoms with Crippen molar-refractivity contribution in [3.63, 3.8) is 0 Å². The molecule has 0 spiro atoms. The predicted molar refractivity (Wildman–Crippen MR) is 71.6 cm³/mol. The van der Waals surface area contributed by atoms with E-state index in [1.165, 1.54) is 0 Å². The Labute approximate surface area is 109 Å². The highest BCUT2D eigenvalue weighted by molar-refractivity contribution is 6.31. The molecule has 0 radical (unpaired) electrons. The average Bonchev–Trinajstić information content (AvgIpc) is 2.29. The molecule has 1 N–H and O–H groups in total. The van der Waals surface area contributed by atoms with E-state index in [1.807, 2.05) is 12.1 Å². The van der Waals surface area contributed by atoms with Crippen molar-refractivity contribution in [1.82, 2.24) is 10.3 Å². The van der Waals surface area contributed by atoms with Crippen LogP contribution in [0.5, 0.6) is 5.88 Å². The Morgan fingerprint density at radius 2 is 2.18 bits per heavy atom. The van der Waals surface area contributed by atoms with E-state index in [1.54, 1.807) is 0 Å². The van der Waals surface area contributed by atoms with Gasteiger partial charge in [-0.15, -0.1) is 0 Å². The molecule has 96 valence electrons. The van der Waals surface area contributed by atoms with Crippen molar-refractivity contribution in [2.75, 3.05) is 6.61 Å². The minimum atomic E-state index is 0.414. The lowest BCUT2D eigenvalue weighted by atomic mass is 10.3. The largest absolute Gasteiger partial charge is 0.478 e. The summed E-state index contributed by atoms with van der Waals surface area (Å²) in [5.74, 6) is 0.656. The van der Waals surface area contributed by atoms with Crippen LogP contribution >= 0.6 is 11.6 Å². The molecular formula is C13H21ClN2O. The van der Waals surface area contributed by atoms with E-state index in [4.69, 9.17) is 16.3 Å². The fourth-order valence-electron chi connectivity index (χ4n) is 1.29. The molecule has 4 heteroatoms. The van der Waals surface area contributed by atoms with Gasteiger partial charge < -0.3 is 10.1 Å². The number of unbranched alkanes of at least 4 members (excludes halogenated alkanes) is 1. The summed E-state index contributed by atoms with van der Waals surface area (Å²) in [5, 5.41) is 3.98. The molecule has 0 unspecified atom stereocenters. The molecule has 1 rings (SSSR count). The van der Waals surface area contributed by atoms with Crippen molar-refractivity contribution in [3.05, 3.63) is 22.8 Å². The topological polar surface area (TPSA) is 34.1 Å². The Balaban J connectivity index is 2.59. The van der Waals surface area contributed by atoms with Gasteiger partial charge in [-0.2, -0.15) is 0 Å². The van der Waals surface area contributed by atoms with Gasteiger partial charge in [0.15, 0.2) is 0 Å². The van der Waals surface area contributed by atoms with Crippen LogP contribution in [-0.2, 0) is 6.54 Å². The van der Waals surface area contributed by atoms with Crippen LogP contribution in [-0.4, -0.2) is 17.6 Å². The minimum Gasteiger partial charge on any atom is -0.478 e. The predicted octanol–water partition coefficient (Wildman–Crippen LogP) is 3.41. The second-order valence-corrected chi connectivity index (χ2v) is 4.72. The van der Waals surface area contributed by atoms with E-state index in [0.717, 1.165) is 18.5 Å². The van der Waals surface area contributed by atoms with Crippen LogP contribution < -0.4 is 10.1 Å². The van der Waals surface area contributed by atoms with Gasteiger partial charge in [0.2, 0.25) is 5.88 Å². The Morgan fingerprint density at radius 1 is 1.41 bits per heavy atom. The van der Waals surface area contributed by atoms with Crippen LogP contribution in [0.4, 0.5) is 0 Å². The van der Waals surface area contributed by atoms with Crippen LogP contribution in [0, 0.1) is 0 Å². The molecule has 3 nitrogen and oxygen atoms in total. The molecule has 0 atom stereocenters. The first kappa shape index (κ1) is 14.3. The fraction of sp³-hybridized carbons (Fsp3) is 0.615. The molecule has 1 heterocycles. The lowest BCUT2D eigenvalue weighted by molar-refractivity contribution is 0.296. The molecule has 0 aliphatic heterocycles. The number of hydrogen-bond donors (Lipinski definition) is 1. The number of rotatable bonds is 7. The van der Waals surface area contributed by atoms with Gasteiger partial charge in [0, 0.05) is 18.7 Å². The zero-order chi connectivity index (χ0) is 12.7. The molecule has 0 saturated carbocycles. The highest BCUT2D eigenvalue weighted by Crippen LogP contribution is 2.18. The van der Waals surface area contributed by atoms with Crippen molar-refractivity contribution in [2.45, 2.75) is 46.2 Å². The van der Waals surface area contributed by atoms with Crippen molar-refractivity contribution >= 4 is 11.6 Å². The van der Waals surface area contributed by atoms with Gasteiger partial charge in [-0.3, -0.25) is 0 Å². The van der Waals surface area contributed by atoms with E-state index < -0.39 is 0 Å². The minimum absolute atomic E-state index is 0.414. The highest BCUT2D eigenvalue weighted by Gasteiger charge is 2.05. The number of hydrogen-bond acceptors (Lipinski definition) is 3. The third kappa shape index (κ3) is 5.37. The second-order valence-electron chi connectivity index (χ2n) is 4.32. The maximum absolute atomic E-state index is 6.08. The Morgan fingerprint density at radius 3 is 2.82 bits per heavy atom. The highest BCUT2D eigenvalue weighted by atomic mass is 35.5. The molecule has 0 saturated heterocycles. The van der Waals surface area contributed by atoms with Gasteiger partial charge >= 0.3 is 0 Å². The summed E-state index contributed by atoms with van der Waals surface area (Å²) in [4.78, 5) is 4.40. The smallest absolute Gasteiger partial charge is 0.213 e. The van der Waals surface area contributed by atoms with E-state index in [2.05, 4.69) is 31.1 Å². The van der Waals surface area contributed by atoms with Gasteiger partial charge in [0.25, 0.3) is 0 Å². The molecular weight excluding hydrogens is 236 g/mol. The van der Waals surface area contributed by atoms with Gasteiger partial charge in [-0.1, -0.05) is 38.8 Å². The SMILES string of the molecule is CCCCOc1ccc(Cl)c(CNC(C)C)n1. The van der Waals surface area contributed by atoms with Crippen molar-refractivity contribution in [1.29, 1.82) is 0 Å². The van der Waals surface area contributed by atoms with Crippen LogP contribution in [0.3, 0.4) is 0 Å². The third-order valence-electron chi connectivity index (χ3n) is 2.32. The number of nitrogens with one attached hydrogen (secondary N) is 1. The summed E-state index contributed by atoms with van der Waals surface area (Å²) < 4.78 is 5.55. The van der Waals surface area contributed by atoms with E-state index in [9.17, 15) is 0 Å². The van der Waals surface area contributed by atoms with E-state index >= 15 is 0 Å². The van der Waals surface area contributed by atoms with E-state index in [0.29, 0.717) is 30.1 Å². The summed E-state index contributed by atoms with van der Waals surface area (Å²) in [6.45, 7) is 7.70. The van der Waals surface area contributed by atoms with Crippen LogP contribution in [0.25, 0.3) is 0 Å². The van der Waals surface area contributed by atoms with Gasteiger partial charge in [0.05, 0.1) is 17.3 Å². The summed E-state index contributed by atoms with van der Waals surface area (Å²) in [5.41, 5.74) is 0.842. The van der Waals surface area contributed by atoms with Crippen molar-refractivity contribution in [2.24, 2.45) is 0 Å². The maximum Gasteiger partial charge on any atom is 0.213 e. The fourth-order valence-corrected chi connectivity index (χ4v) is 1.46. The van der Waals surface area contributed by atoms with E-state index in [-0.39, 0.29) is 0 Å². The van der Waals surface area contributed by atoms with Crippen molar-refractivity contribution in [3.8, 4) is 5.88 Å². The van der Waals surface area contributed by atoms with Crippen LogP contribution in [0.2, 0.25) is 5.02 Å². The molecule has 0 aliphatic carbocycles. The number of ether oxygens (including phenoxy) is 1. The number of halogens is 1. The maximum atomic E-state index is 6.08. The Kier molecular flexibility index (Phi) is 6.30. The quantitative estimate of drug-likeness (QED) is 0.759. The van der Waals surface area contributed by atoms with Crippen LogP contribution in [0.1, 0.15) is 39.3 Å². The molecule has 0 amide bonds. The lowest BCUT2D eigenvalue weighted by Crippen LogP contribution is -2.22. The third-order valence-corrected chi connectivity index (χ3v) is 2.66. The van der Waals surface area contributed by atoms with Crippen molar-refractivity contribution < 1.29 is 4.74 Å². The summed E-state index contributed by atoms with van der Waals surface area (Å²) in [6, 6.07) is 4.07. The first-order valence-electron chi connectivity index (χ1n) is 6.15. The Hall–Kier alpha value is -0.800. The molecule has 1 aromatic rings. The van der Waals surface area contributed by atoms with Gasteiger partial charge in [0.1, 0.15) is 0 Å². The molecule has 17 heavy (non-hydrogen) atoms. The molecule has 0 aliphatic rings. The zero-order valence-electron chi connectivity index (χ0n) is 10.8. The standard InChI is InChI=1S/C13H21ClN2O/c1-4-5-8-17-13-7-6-11(14)12(16-13)9-15-10(2)3/h6-7,10,15H,4-5,8-9H2,1-3H3. The lowest BCUT2D eigenvalue weighted by Gasteiger charge is -2.11. The zero-order valence-corrected chi connectivity index (χ0v) is 11.5. The second kappa shape index (κ2) is 7.51.